The highest BCUT2D eigenvalue weighted by Crippen LogP contribution is 2.63. The number of hydrogen-bond acceptors (Lipinski definition) is 3. The maximum Gasteiger partial charge on any atom is 0.352 e. The second-order valence-corrected chi connectivity index (χ2v) is 7.95. The summed E-state index contributed by atoms with van der Waals surface area (Å²) in [7, 11) is 0. The quantitative estimate of drug-likeness (QED) is 0.510. The van der Waals surface area contributed by atoms with E-state index in [9.17, 15) is 4.79 Å². The van der Waals surface area contributed by atoms with Crippen molar-refractivity contribution in [3.05, 3.63) is 0 Å². The minimum Gasteiger partial charge on any atom is -0.430 e. The van der Waals surface area contributed by atoms with Crippen molar-refractivity contribution in [1.29, 1.82) is 0 Å². The maximum atomic E-state index is 11.9. The van der Waals surface area contributed by atoms with Gasteiger partial charge >= 0.3 is 5.97 Å². The van der Waals surface area contributed by atoms with Gasteiger partial charge in [-0.2, -0.15) is 0 Å². The van der Waals surface area contributed by atoms with Gasteiger partial charge in [0.1, 0.15) is 0 Å². The lowest BCUT2D eigenvalue weighted by Crippen LogP contribution is -2.58. The average Bonchev–Trinajstić information content (AvgIpc) is 2.47. The van der Waals surface area contributed by atoms with Crippen molar-refractivity contribution >= 4 is 21.9 Å². The van der Waals surface area contributed by atoms with Gasteiger partial charge in [0, 0.05) is 11.8 Å². The largest absolute Gasteiger partial charge is 0.430 e. The summed E-state index contributed by atoms with van der Waals surface area (Å²) in [6, 6.07) is 0. The molecule has 0 aromatic carbocycles. The molecule has 0 aromatic rings. The van der Waals surface area contributed by atoms with Gasteiger partial charge in [0.15, 0.2) is 0 Å². The van der Waals surface area contributed by atoms with Crippen LogP contribution < -0.4 is 0 Å². The lowest BCUT2D eigenvalue weighted by molar-refractivity contribution is -0.291. The topological polar surface area (TPSA) is 35.5 Å². The molecule has 4 heteroatoms. The van der Waals surface area contributed by atoms with Gasteiger partial charge < -0.3 is 9.47 Å². The Morgan fingerprint density at radius 3 is 2.06 bits per heavy atom. The average molecular weight is 301 g/mol. The van der Waals surface area contributed by atoms with Crippen LogP contribution in [-0.2, 0) is 14.3 Å². The Labute approximate surface area is 109 Å². The van der Waals surface area contributed by atoms with Gasteiger partial charge in [-0.3, -0.25) is 0 Å². The van der Waals surface area contributed by atoms with E-state index in [-0.39, 0.29) is 5.97 Å². The van der Waals surface area contributed by atoms with Crippen LogP contribution in [0.25, 0.3) is 0 Å². The van der Waals surface area contributed by atoms with Crippen molar-refractivity contribution in [2.24, 2.45) is 23.7 Å². The summed E-state index contributed by atoms with van der Waals surface area (Å²) in [6.45, 7) is 1.76. The molecule has 0 radical (unpaired) electrons. The van der Waals surface area contributed by atoms with Crippen molar-refractivity contribution in [1.82, 2.24) is 0 Å². The standard InChI is InChI=1S/C13H17BrO3/c1-12(14)11(15)16-13(17-12)9-3-7-2-8(5-9)6-10(13)4-7/h7-10H,2-6H2,1H3. The van der Waals surface area contributed by atoms with Gasteiger partial charge in [-0.05, 0) is 66.8 Å². The Morgan fingerprint density at radius 2 is 1.65 bits per heavy atom. The highest BCUT2D eigenvalue weighted by atomic mass is 79.9. The molecule has 0 aromatic heterocycles. The predicted molar refractivity (Wildman–Crippen MR) is 64.3 cm³/mol. The number of hydrogen-bond donors (Lipinski definition) is 0. The first-order chi connectivity index (χ1) is 7.99. The molecule has 1 atom stereocenters. The van der Waals surface area contributed by atoms with Gasteiger partial charge in [-0.25, -0.2) is 4.79 Å². The molecule has 4 saturated carbocycles. The zero-order valence-electron chi connectivity index (χ0n) is 9.95. The summed E-state index contributed by atoms with van der Waals surface area (Å²) in [5.74, 6) is 1.73. The molecule has 0 N–H and O–H groups in total. The maximum absolute atomic E-state index is 11.9. The molecule has 1 saturated heterocycles. The molecular weight excluding hydrogens is 284 g/mol. The van der Waals surface area contributed by atoms with Crippen LogP contribution in [0, 0.1) is 23.7 Å². The SMILES string of the molecule is CC1(Br)OC2(OC1=O)C1CC3CC(C1)CC2C3. The third-order valence-electron chi connectivity index (χ3n) is 5.24. The molecule has 3 nitrogen and oxygen atoms in total. The van der Waals surface area contributed by atoms with Crippen LogP contribution in [0.3, 0.4) is 0 Å². The molecule has 17 heavy (non-hydrogen) atoms. The molecule has 1 heterocycles. The van der Waals surface area contributed by atoms with E-state index < -0.39 is 10.3 Å². The van der Waals surface area contributed by atoms with E-state index in [4.69, 9.17) is 9.47 Å². The molecule has 0 amide bonds. The van der Waals surface area contributed by atoms with Crippen molar-refractivity contribution in [2.75, 3.05) is 0 Å². The van der Waals surface area contributed by atoms with E-state index in [0.29, 0.717) is 11.8 Å². The van der Waals surface area contributed by atoms with Crippen LogP contribution in [0.2, 0.25) is 0 Å². The monoisotopic (exact) mass is 300 g/mol. The Kier molecular flexibility index (Phi) is 1.95. The van der Waals surface area contributed by atoms with E-state index in [1.165, 1.54) is 32.1 Å². The van der Waals surface area contributed by atoms with E-state index in [2.05, 4.69) is 15.9 Å². The second-order valence-electron chi connectivity index (χ2n) is 6.43. The summed E-state index contributed by atoms with van der Waals surface area (Å²) >= 11 is 3.36. The molecule has 5 aliphatic rings. The van der Waals surface area contributed by atoms with Crippen molar-refractivity contribution in [3.8, 4) is 0 Å². The van der Waals surface area contributed by atoms with Gasteiger partial charge in [-0.15, -0.1) is 0 Å². The molecule has 5 fully saturated rings. The molecule has 5 rings (SSSR count). The molecule has 4 bridgehead atoms. The third kappa shape index (κ3) is 1.29. The van der Waals surface area contributed by atoms with Crippen molar-refractivity contribution in [3.63, 3.8) is 0 Å². The molecule has 1 aliphatic heterocycles. The zero-order valence-corrected chi connectivity index (χ0v) is 11.5. The Balaban J connectivity index is 1.73. The summed E-state index contributed by atoms with van der Waals surface area (Å²) in [4.78, 5) is 11.9. The molecule has 94 valence electrons. The van der Waals surface area contributed by atoms with E-state index >= 15 is 0 Å². The first-order valence-electron chi connectivity index (χ1n) is 6.62. The van der Waals surface area contributed by atoms with E-state index in [0.717, 1.165) is 11.8 Å². The second kappa shape index (κ2) is 3.08. The summed E-state index contributed by atoms with van der Waals surface area (Å²) in [5, 5.41) is 0. The zero-order chi connectivity index (χ0) is 11.8. The summed E-state index contributed by atoms with van der Waals surface area (Å²) < 4.78 is 10.9. The number of ether oxygens (including phenoxy) is 2. The minimum atomic E-state index is -0.928. The first kappa shape index (κ1) is 10.8. The van der Waals surface area contributed by atoms with Crippen molar-refractivity contribution in [2.45, 2.75) is 49.3 Å². The fourth-order valence-electron chi connectivity index (χ4n) is 4.77. The Hall–Kier alpha value is -0.0900. The van der Waals surface area contributed by atoms with Crippen LogP contribution in [0.4, 0.5) is 0 Å². The lowest BCUT2D eigenvalue weighted by atomic mass is 9.53. The van der Waals surface area contributed by atoms with Crippen LogP contribution in [-0.4, -0.2) is 16.3 Å². The highest BCUT2D eigenvalue weighted by Gasteiger charge is 2.67. The van der Waals surface area contributed by atoms with Crippen LogP contribution in [0.5, 0.6) is 0 Å². The number of rotatable bonds is 0. The lowest BCUT2D eigenvalue weighted by Gasteiger charge is -2.57. The number of carbonyl (C=O) groups excluding carboxylic acids is 1. The number of alkyl halides is 1. The molecule has 1 unspecified atom stereocenters. The van der Waals surface area contributed by atoms with Crippen molar-refractivity contribution < 1.29 is 14.3 Å². The smallest absolute Gasteiger partial charge is 0.352 e. The fourth-order valence-corrected chi connectivity index (χ4v) is 5.11. The molecule has 1 spiro atoms. The van der Waals surface area contributed by atoms with Gasteiger partial charge in [0.2, 0.25) is 10.3 Å². The van der Waals surface area contributed by atoms with Gasteiger partial charge in [0.05, 0.1) is 0 Å². The number of esters is 1. The summed E-state index contributed by atoms with van der Waals surface area (Å²) in [5.41, 5.74) is 0. The van der Waals surface area contributed by atoms with Crippen LogP contribution in [0.1, 0.15) is 39.0 Å². The first-order valence-corrected chi connectivity index (χ1v) is 7.41. The Morgan fingerprint density at radius 1 is 1.12 bits per heavy atom. The molecule has 4 aliphatic carbocycles. The van der Waals surface area contributed by atoms with E-state index in [1.807, 2.05) is 0 Å². The minimum absolute atomic E-state index is 0.245. The predicted octanol–water partition coefficient (Wildman–Crippen LogP) is 2.82. The number of halogens is 1. The number of carbonyl (C=O) groups is 1. The van der Waals surface area contributed by atoms with Crippen LogP contribution in [0.15, 0.2) is 0 Å². The normalized spacial score (nSPS) is 60.0. The van der Waals surface area contributed by atoms with Gasteiger partial charge in [0.25, 0.3) is 0 Å². The van der Waals surface area contributed by atoms with Gasteiger partial charge in [-0.1, -0.05) is 0 Å². The van der Waals surface area contributed by atoms with E-state index in [1.54, 1.807) is 6.92 Å². The summed E-state index contributed by atoms with van der Waals surface area (Å²) in [6.07, 6.45) is 6.13. The fraction of sp³-hybridized carbons (Fsp3) is 0.923. The highest BCUT2D eigenvalue weighted by molar-refractivity contribution is 9.10. The third-order valence-corrected chi connectivity index (χ3v) is 5.73. The Bertz CT molecular complexity index is 362. The van der Waals surface area contributed by atoms with Crippen LogP contribution >= 0.6 is 15.9 Å². The molecular formula is C13H17BrO3.